The third-order valence-corrected chi connectivity index (χ3v) is 2.68. The van der Waals surface area contributed by atoms with E-state index in [1.807, 2.05) is 32.9 Å². The van der Waals surface area contributed by atoms with Gasteiger partial charge in [-0.1, -0.05) is 26.0 Å². The zero-order chi connectivity index (χ0) is 13.7. The summed E-state index contributed by atoms with van der Waals surface area (Å²) in [4.78, 5) is 0. The highest BCUT2D eigenvalue weighted by Crippen LogP contribution is 2.24. The Balaban J connectivity index is 2.87. The van der Waals surface area contributed by atoms with Crippen LogP contribution in [0.4, 0.5) is 0 Å². The zero-order valence-corrected chi connectivity index (χ0v) is 12.0. The lowest BCUT2D eigenvalue weighted by atomic mass is 10.0. The van der Waals surface area contributed by atoms with Crippen molar-refractivity contribution < 1.29 is 9.84 Å². The van der Waals surface area contributed by atoms with Gasteiger partial charge in [-0.3, -0.25) is 0 Å². The van der Waals surface area contributed by atoms with Gasteiger partial charge in [0.05, 0.1) is 18.8 Å². The second-order valence-electron chi connectivity index (χ2n) is 5.25. The summed E-state index contributed by atoms with van der Waals surface area (Å²) in [7, 11) is 0. The molecule has 0 heterocycles. The standard InChI is InChI=1S/C15H25NO2/c1-10(2)16-14(9-17)13-6-7-15(12(5)8-13)18-11(3)4/h6-8,10-11,14,16-17H,9H2,1-5H3. The van der Waals surface area contributed by atoms with Crippen molar-refractivity contribution >= 4 is 0 Å². The minimum absolute atomic E-state index is 0.0169. The van der Waals surface area contributed by atoms with Gasteiger partial charge in [-0.25, -0.2) is 0 Å². The van der Waals surface area contributed by atoms with E-state index in [4.69, 9.17) is 4.74 Å². The number of ether oxygens (including phenoxy) is 1. The van der Waals surface area contributed by atoms with Crippen molar-refractivity contribution in [1.82, 2.24) is 5.32 Å². The Morgan fingerprint density at radius 3 is 2.33 bits per heavy atom. The Hall–Kier alpha value is -1.06. The highest BCUT2D eigenvalue weighted by atomic mass is 16.5. The van der Waals surface area contributed by atoms with Crippen LogP contribution < -0.4 is 10.1 Å². The van der Waals surface area contributed by atoms with Gasteiger partial charge in [0.1, 0.15) is 5.75 Å². The van der Waals surface area contributed by atoms with Crippen molar-refractivity contribution in [3.05, 3.63) is 29.3 Å². The Labute approximate surface area is 110 Å². The number of benzene rings is 1. The van der Waals surface area contributed by atoms with Crippen molar-refractivity contribution in [2.45, 2.75) is 52.8 Å². The Morgan fingerprint density at radius 1 is 1.22 bits per heavy atom. The molecule has 1 rings (SSSR count). The van der Waals surface area contributed by atoms with E-state index in [9.17, 15) is 5.11 Å². The lowest BCUT2D eigenvalue weighted by molar-refractivity contribution is 0.234. The zero-order valence-electron chi connectivity index (χ0n) is 12.0. The summed E-state index contributed by atoms with van der Waals surface area (Å²) in [6.07, 6.45) is 0.178. The molecule has 0 aliphatic carbocycles. The molecule has 0 aromatic heterocycles. The Bertz CT molecular complexity index is 375. The van der Waals surface area contributed by atoms with Crippen LogP contribution in [0.2, 0.25) is 0 Å². The highest BCUT2D eigenvalue weighted by Gasteiger charge is 2.13. The van der Waals surface area contributed by atoms with Gasteiger partial charge in [0.2, 0.25) is 0 Å². The van der Waals surface area contributed by atoms with Gasteiger partial charge in [-0.15, -0.1) is 0 Å². The molecule has 0 saturated carbocycles. The summed E-state index contributed by atoms with van der Waals surface area (Å²) in [5.74, 6) is 0.912. The monoisotopic (exact) mass is 251 g/mol. The van der Waals surface area contributed by atoms with Crippen LogP contribution in [0.25, 0.3) is 0 Å². The van der Waals surface area contributed by atoms with E-state index in [0.29, 0.717) is 6.04 Å². The summed E-state index contributed by atoms with van der Waals surface area (Å²) >= 11 is 0. The third-order valence-electron chi connectivity index (χ3n) is 2.68. The van der Waals surface area contributed by atoms with E-state index in [-0.39, 0.29) is 18.8 Å². The predicted molar refractivity (Wildman–Crippen MR) is 75.0 cm³/mol. The molecular formula is C15H25NO2. The van der Waals surface area contributed by atoms with E-state index in [2.05, 4.69) is 25.2 Å². The molecule has 0 saturated heterocycles. The van der Waals surface area contributed by atoms with Crippen LogP contribution in [-0.4, -0.2) is 23.9 Å². The maximum absolute atomic E-state index is 9.44. The minimum atomic E-state index is -0.0169. The second kappa shape index (κ2) is 6.76. The molecule has 1 unspecified atom stereocenters. The first-order chi connectivity index (χ1) is 8.43. The summed E-state index contributed by atoms with van der Waals surface area (Å²) in [5.41, 5.74) is 2.20. The van der Waals surface area contributed by atoms with Crippen molar-refractivity contribution in [3.8, 4) is 5.75 Å². The fourth-order valence-corrected chi connectivity index (χ4v) is 1.93. The number of aryl methyl sites for hydroxylation is 1. The maximum Gasteiger partial charge on any atom is 0.122 e. The number of hydrogen-bond acceptors (Lipinski definition) is 3. The van der Waals surface area contributed by atoms with Crippen LogP contribution in [0, 0.1) is 6.92 Å². The molecule has 0 radical (unpaired) electrons. The normalized spacial score (nSPS) is 13.1. The van der Waals surface area contributed by atoms with E-state index in [0.717, 1.165) is 16.9 Å². The largest absolute Gasteiger partial charge is 0.491 e. The van der Waals surface area contributed by atoms with Crippen LogP contribution in [0.15, 0.2) is 18.2 Å². The van der Waals surface area contributed by atoms with Gasteiger partial charge in [-0.2, -0.15) is 0 Å². The molecule has 1 atom stereocenters. The first-order valence-electron chi connectivity index (χ1n) is 6.58. The quantitative estimate of drug-likeness (QED) is 0.817. The first kappa shape index (κ1) is 15.0. The van der Waals surface area contributed by atoms with Gasteiger partial charge >= 0.3 is 0 Å². The lowest BCUT2D eigenvalue weighted by Crippen LogP contribution is -2.30. The molecule has 1 aromatic rings. The Morgan fingerprint density at radius 2 is 1.89 bits per heavy atom. The molecular weight excluding hydrogens is 226 g/mol. The van der Waals surface area contributed by atoms with Gasteiger partial charge < -0.3 is 15.2 Å². The molecule has 0 amide bonds. The maximum atomic E-state index is 9.44. The van der Waals surface area contributed by atoms with Crippen molar-refractivity contribution in [2.24, 2.45) is 0 Å². The predicted octanol–water partition coefficient (Wildman–Crippen LogP) is 2.81. The average Bonchev–Trinajstić information content (AvgIpc) is 2.28. The number of aliphatic hydroxyl groups excluding tert-OH is 1. The van der Waals surface area contributed by atoms with Crippen LogP contribution in [0.3, 0.4) is 0 Å². The molecule has 0 spiro atoms. The van der Waals surface area contributed by atoms with Crippen LogP contribution >= 0.6 is 0 Å². The molecule has 2 N–H and O–H groups in total. The van der Waals surface area contributed by atoms with Gasteiger partial charge in [0, 0.05) is 6.04 Å². The second-order valence-corrected chi connectivity index (χ2v) is 5.25. The molecule has 18 heavy (non-hydrogen) atoms. The van der Waals surface area contributed by atoms with E-state index in [1.54, 1.807) is 0 Å². The molecule has 1 aromatic carbocycles. The third kappa shape index (κ3) is 4.31. The van der Waals surface area contributed by atoms with E-state index in [1.165, 1.54) is 0 Å². The van der Waals surface area contributed by atoms with Crippen molar-refractivity contribution in [2.75, 3.05) is 6.61 Å². The lowest BCUT2D eigenvalue weighted by Gasteiger charge is -2.21. The van der Waals surface area contributed by atoms with Gasteiger partial charge in [-0.05, 0) is 38.0 Å². The number of rotatable bonds is 6. The Kier molecular flexibility index (Phi) is 5.63. The number of nitrogens with one attached hydrogen (secondary N) is 1. The van der Waals surface area contributed by atoms with E-state index < -0.39 is 0 Å². The smallest absolute Gasteiger partial charge is 0.122 e. The minimum Gasteiger partial charge on any atom is -0.491 e. The summed E-state index contributed by atoms with van der Waals surface area (Å²) < 4.78 is 5.71. The fourth-order valence-electron chi connectivity index (χ4n) is 1.93. The molecule has 0 bridgehead atoms. The SMILES string of the molecule is Cc1cc(C(CO)NC(C)C)ccc1OC(C)C. The molecule has 3 heteroatoms. The number of hydrogen-bond donors (Lipinski definition) is 2. The summed E-state index contributed by atoms with van der Waals surface area (Å²) in [6, 6.07) is 6.40. The van der Waals surface area contributed by atoms with Crippen molar-refractivity contribution in [1.29, 1.82) is 0 Å². The molecule has 0 aliphatic rings. The summed E-state index contributed by atoms with van der Waals surface area (Å²) in [6.45, 7) is 10.3. The average molecular weight is 251 g/mol. The molecule has 0 aliphatic heterocycles. The van der Waals surface area contributed by atoms with E-state index >= 15 is 0 Å². The van der Waals surface area contributed by atoms with Crippen molar-refractivity contribution in [3.63, 3.8) is 0 Å². The fraction of sp³-hybridized carbons (Fsp3) is 0.600. The molecule has 0 fully saturated rings. The van der Waals surface area contributed by atoms with Gasteiger partial charge in [0.25, 0.3) is 0 Å². The highest BCUT2D eigenvalue weighted by molar-refractivity contribution is 5.37. The van der Waals surface area contributed by atoms with Crippen LogP contribution in [-0.2, 0) is 0 Å². The molecule has 3 nitrogen and oxygen atoms in total. The van der Waals surface area contributed by atoms with Crippen LogP contribution in [0.5, 0.6) is 5.75 Å². The number of aliphatic hydroxyl groups is 1. The first-order valence-corrected chi connectivity index (χ1v) is 6.58. The van der Waals surface area contributed by atoms with Gasteiger partial charge in [0.15, 0.2) is 0 Å². The molecule has 102 valence electrons. The topological polar surface area (TPSA) is 41.5 Å². The summed E-state index contributed by atoms with van der Waals surface area (Å²) in [5, 5.41) is 12.8. The van der Waals surface area contributed by atoms with Crippen LogP contribution in [0.1, 0.15) is 44.9 Å².